The van der Waals surface area contributed by atoms with E-state index in [1.807, 2.05) is 6.07 Å². The maximum Gasteiger partial charge on any atom is 0.255 e. The molecule has 0 aliphatic heterocycles. The number of oxazole rings is 1. The molecule has 2 rings (SSSR count). The summed E-state index contributed by atoms with van der Waals surface area (Å²) in [6, 6.07) is 6.13. The van der Waals surface area contributed by atoms with Crippen LogP contribution >= 0.6 is 11.8 Å². The van der Waals surface area contributed by atoms with Crippen molar-refractivity contribution in [3.8, 4) is 6.07 Å². The molecule has 0 N–H and O–H groups in total. The number of nitriles is 1. The second kappa shape index (κ2) is 4.81. The molecule has 1 aromatic heterocycles. The fourth-order valence-electron chi connectivity index (χ4n) is 1.21. The van der Waals surface area contributed by atoms with Gasteiger partial charge in [0, 0.05) is 5.75 Å². The number of nitrogens with zero attached hydrogens (tertiary/aromatic N) is 2. The lowest BCUT2D eigenvalue weighted by Crippen LogP contribution is -1.89. The van der Waals surface area contributed by atoms with Gasteiger partial charge in [0.2, 0.25) is 0 Å². The monoisotopic (exact) mass is 234 g/mol. The molecule has 0 bridgehead atoms. The molecule has 2 aromatic rings. The van der Waals surface area contributed by atoms with Crippen molar-refractivity contribution in [1.29, 1.82) is 5.26 Å². The predicted molar refractivity (Wildman–Crippen MR) is 57.2 cm³/mol. The molecule has 0 aliphatic carbocycles. The van der Waals surface area contributed by atoms with Gasteiger partial charge in [-0.05, 0) is 23.8 Å². The van der Waals surface area contributed by atoms with Crippen LogP contribution in [0.5, 0.6) is 0 Å². The number of hydrogen-bond acceptors (Lipinski definition) is 4. The summed E-state index contributed by atoms with van der Waals surface area (Å²) in [6.45, 7) is 0. The van der Waals surface area contributed by atoms with Crippen LogP contribution in [0, 0.1) is 17.1 Å². The first-order chi connectivity index (χ1) is 7.79. The second-order valence-electron chi connectivity index (χ2n) is 3.00. The molecule has 16 heavy (non-hydrogen) atoms. The van der Waals surface area contributed by atoms with Crippen molar-refractivity contribution in [2.75, 3.05) is 0 Å². The average Bonchev–Trinajstić information content (AvgIpc) is 2.79. The van der Waals surface area contributed by atoms with E-state index >= 15 is 0 Å². The van der Waals surface area contributed by atoms with E-state index in [0.29, 0.717) is 22.1 Å². The summed E-state index contributed by atoms with van der Waals surface area (Å²) in [5, 5.41) is 9.35. The minimum Gasteiger partial charge on any atom is -0.440 e. The van der Waals surface area contributed by atoms with Crippen molar-refractivity contribution in [1.82, 2.24) is 4.98 Å². The van der Waals surface area contributed by atoms with Crippen molar-refractivity contribution < 1.29 is 8.81 Å². The lowest BCUT2D eigenvalue weighted by atomic mass is 10.1. The highest BCUT2D eigenvalue weighted by molar-refractivity contribution is 7.98. The molecule has 0 atom stereocenters. The molecule has 1 heterocycles. The number of rotatable bonds is 3. The van der Waals surface area contributed by atoms with E-state index in [9.17, 15) is 4.39 Å². The van der Waals surface area contributed by atoms with Crippen molar-refractivity contribution in [2.45, 2.75) is 11.0 Å². The van der Waals surface area contributed by atoms with Gasteiger partial charge >= 0.3 is 0 Å². The van der Waals surface area contributed by atoms with E-state index in [4.69, 9.17) is 9.68 Å². The Hall–Kier alpha value is -1.80. The third-order valence-corrected chi connectivity index (χ3v) is 2.85. The summed E-state index contributed by atoms with van der Waals surface area (Å²) >= 11 is 1.32. The molecule has 0 saturated carbocycles. The Bertz CT molecular complexity index is 519. The van der Waals surface area contributed by atoms with Crippen molar-refractivity contribution in [3.63, 3.8) is 0 Å². The SMILES string of the molecule is N#Cc1ccc(F)cc1CSc1ncco1. The summed E-state index contributed by atoms with van der Waals surface area (Å²) in [4.78, 5) is 3.93. The van der Waals surface area contributed by atoms with Gasteiger partial charge in [-0.25, -0.2) is 9.37 Å². The summed E-state index contributed by atoms with van der Waals surface area (Å²) < 4.78 is 18.0. The largest absolute Gasteiger partial charge is 0.440 e. The fraction of sp³-hybridized carbons (Fsp3) is 0.0909. The minimum absolute atomic E-state index is 0.345. The highest BCUT2D eigenvalue weighted by Crippen LogP contribution is 2.23. The molecule has 3 nitrogen and oxygen atoms in total. The predicted octanol–water partition coefficient (Wildman–Crippen LogP) is 2.98. The Labute approximate surface area is 95.9 Å². The first-order valence-corrected chi connectivity index (χ1v) is 5.49. The molecular weight excluding hydrogens is 227 g/mol. The first-order valence-electron chi connectivity index (χ1n) is 4.50. The smallest absolute Gasteiger partial charge is 0.255 e. The Morgan fingerprint density at radius 3 is 3.06 bits per heavy atom. The van der Waals surface area contributed by atoms with Crippen molar-refractivity contribution in [2.24, 2.45) is 0 Å². The Kier molecular flexibility index (Phi) is 3.22. The lowest BCUT2D eigenvalue weighted by Gasteiger charge is -2.01. The topological polar surface area (TPSA) is 49.8 Å². The zero-order valence-electron chi connectivity index (χ0n) is 8.18. The maximum absolute atomic E-state index is 13.0. The van der Waals surface area contributed by atoms with Gasteiger partial charge in [0.15, 0.2) is 0 Å². The van der Waals surface area contributed by atoms with Crippen LogP contribution in [-0.4, -0.2) is 4.98 Å². The van der Waals surface area contributed by atoms with Crippen LogP contribution in [0.1, 0.15) is 11.1 Å². The first kappa shape index (κ1) is 10.7. The summed E-state index contributed by atoms with van der Waals surface area (Å²) in [5.74, 6) is 0.114. The summed E-state index contributed by atoms with van der Waals surface area (Å²) in [5.41, 5.74) is 1.12. The number of aromatic nitrogens is 1. The number of thioether (sulfide) groups is 1. The fourth-order valence-corrected chi connectivity index (χ4v) is 1.99. The highest BCUT2D eigenvalue weighted by Gasteiger charge is 2.06. The molecule has 0 radical (unpaired) electrons. The number of hydrogen-bond donors (Lipinski definition) is 0. The molecule has 0 spiro atoms. The van der Waals surface area contributed by atoms with Crippen LogP contribution < -0.4 is 0 Å². The standard InChI is InChI=1S/C11H7FN2OS/c12-10-2-1-8(6-13)9(5-10)7-16-11-14-3-4-15-11/h1-5H,7H2. The van der Waals surface area contributed by atoms with Gasteiger partial charge in [-0.1, -0.05) is 11.8 Å². The Morgan fingerprint density at radius 2 is 2.38 bits per heavy atom. The van der Waals surface area contributed by atoms with Crippen LogP contribution in [-0.2, 0) is 5.75 Å². The second-order valence-corrected chi connectivity index (χ2v) is 3.93. The molecule has 80 valence electrons. The minimum atomic E-state index is -0.345. The van der Waals surface area contributed by atoms with Gasteiger partial charge < -0.3 is 4.42 Å². The molecule has 1 aromatic carbocycles. The van der Waals surface area contributed by atoms with E-state index in [2.05, 4.69) is 4.98 Å². The van der Waals surface area contributed by atoms with Gasteiger partial charge in [-0.3, -0.25) is 0 Å². The zero-order chi connectivity index (χ0) is 11.4. The zero-order valence-corrected chi connectivity index (χ0v) is 9.00. The summed E-state index contributed by atoms with van der Waals surface area (Å²) in [6.07, 6.45) is 3.01. The van der Waals surface area contributed by atoms with Crippen LogP contribution in [0.3, 0.4) is 0 Å². The molecule has 0 fully saturated rings. The average molecular weight is 234 g/mol. The quantitative estimate of drug-likeness (QED) is 0.766. The van der Waals surface area contributed by atoms with Crippen molar-refractivity contribution >= 4 is 11.8 Å². The molecule has 0 aliphatic rings. The van der Waals surface area contributed by atoms with Gasteiger partial charge in [0.1, 0.15) is 12.1 Å². The van der Waals surface area contributed by atoms with Gasteiger partial charge in [-0.2, -0.15) is 5.26 Å². The van der Waals surface area contributed by atoms with Gasteiger partial charge in [-0.15, -0.1) is 0 Å². The Balaban J connectivity index is 2.15. The van der Waals surface area contributed by atoms with E-state index in [0.717, 1.165) is 0 Å². The molecular formula is C11H7FN2OS. The summed E-state index contributed by atoms with van der Waals surface area (Å²) in [7, 11) is 0. The van der Waals surface area contributed by atoms with Crippen LogP contribution in [0.2, 0.25) is 0 Å². The van der Waals surface area contributed by atoms with E-state index < -0.39 is 0 Å². The third kappa shape index (κ3) is 2.41. The van der Waals surface area contributed by atoms with E-state index in [-0.39, 0.29) is 5.82 Å². The van der Waals surface area contributed by atoms with Crippen molar-refractivity contribution in [3.05, 3.63) is 47.6 Å². The molecule has 5 heteroatoms. The molecule has 0 saturated heterocycles. The van der Waals surface area contributed by atoms with Crippen LogP contribution in [0.15, 0.2) is 40.3 Å². The molecule has 0 amide bonds. The normalized spacial score (nSPS) is 10.0. The number of benzene rings is 1. The maximum atomic E-state index is 13.0. The third-order valence-electron chi connectivity index (χ3n) is 1.95. The van der Waals surface area contributed by atoms with Gasteiger partial charge in [0.25, 0.3) is 5.22 Å². The van der Waals surface area contributed by atoms with E-state index in [1.54, 1.807) is 6.20 Å². The van der Waals surface area contributed by atoms with Crippen LogP contribution in [0.25, 0.3) is 0 Å². The molecule has 0 unspecified atom stereocenters. The highest BCUT2D eigenvalue weighted by atomic mass is 32.2. The van der Waals surface area contributed by atoms with E-state index in [1.165, 1.54) is 36.2 Å². The van der Waals surface area contributed by atoms with Crippen LogP contribution in [0.4, 0.5) is 4.39 Å². The lowest BCUT2D eigenvalue weighted by molar-refractivity contribution is 0.454. The van der Waals surface area contributed by atoms with Gasteiger partial charge in [0.05, 0.1) is 17.8 Å². The number of halogens is 1. The Morgan fingerprint density at radius 1 is 1.50 bits per heavy atom.